The number of nitrogens with one attached hydrogen (secondary N) is 2. The van der Waals surface area contributed by atoms with Crippen molar-refractivity contribution in [2.45, 2.75) is 159 Å². The Morgan fingerprint density at radius 1 is 0.982 bits per heavy atom. The first-order valence-corrected chi connectivity index (χ1v) is 21.6. The monoisotopic (exact) mass is 789 g/mol. The summed E-state index contributed by atoms with van der Waals surface area (Å²) >= 11 is 0. The molecule has 12 atom stereocenters. The molecule has 5 saturated carbocycles. The number of carbonyl (C=O) groups excluding carboxylic acids is 3. The molecule has 13 nitrogen and oxygen atoms in total. The fraction of sp³-hybridized carbons (Fsp3) is 0.750. The minimum absolute atomic E-state index is 0.0384. The molecular formula is C44H59N3O10. The molecule has 0 spiro atoms. The van der Waals surface area contributed by atoms with Crippen LogP contribution in [0.1, 0.15) is 103 Å². The van der Waals surface area contributed by atoms with Crippen LogP contribution in [0.25, 0.3) is 6.08 Å². The highest BCUT2D eigenvalue weighted by molar-refractivity contribution is 5.96. The molecule has 5 aliphatic carbocycles. The van der Waals surface area contributed by atoms with Crippen molar-refractivity contribution in [1.82, 2.24) is 15.7 Å². The van der Waals surface area contributed by atoms with Gasteiger partial charge < -0.3 is 39.8 Å². The Hall–Kier alpha value is -2.91. The number of epoxide rings is 1. The van der Waals surface area contributed by atoms with Gasteiger partial charge in [-0.05, 0) is 100 Å². The second-order valence-electron chi connectivity index (χ2n) is 19.7. The van der Waals surface area contributed by atoms with E-state index in [0.717, 1.165) is 56.1 Å². The van der Waals surface area contributed by atoms with Gasteiger partial charge in [-0.3, -0.25) is 19.2 Å². The maximum atomic E-state index is 14.8. The van der Waals surface area contributed by atoms with Crippen molar-refractivity contribution < 1.29 is 48.4 Å². The molecule has 1 aromatic rings. The van der Waals surface area contributed by atoms with Crippen molar-refractivity contribution in [2.75, 3.05) is 13.2 Å². The third-order valence-electron chi connectivity index (χ3n) is 15.4. The number of allylic oxidation sites excluding steroid dienone is 1. The maximum absolute atomic E-state index is 14.8. The van der Waals surface area contributed by atoms with Gasteiger partial charge in [-0.2, -0.15) is 5.06 Å². The van der Waals surface area contributed by atoms with Crippen LogP contribution in [-0.2, 0) is 44.7 Å². The van der Waals surface area contributed by atoms with Gasteiger partial charge in [0.1, 0.15) is 35.9 Å². The van der Waals surface area contributed by atoms with Gasteiger partial charge in [-0.1, -0.05) is 49.8 Å². The summed E-state index contributed by atoms with van der Waals surface area (Å²) in [5, 5.41) is 26.9. The number of benzene rings is 1. The minimum atomic E-state index is -1.49. The molecule has 4 N–H and O–H groups in total. The molecule has 13 heteroatoms. The summed E-state index contributed by atoms with van der Waals surface area (Å²) in [5.41, 5.74) is 2.41. The zero-order valence-electron chi connectivity index (χ0n) is 33.6. The zero-order valence-corrected chi connectivity index (χ0v) is 33.6. The number of hydroxylamine groups is 2. The zero-order chi connectivity index (χ0) is 39.6. The number of hydrogen-bond acceptors (Lipinski definition) is 11. The van der Waals surface area contributed by atoms with Crippen LogP contribution in [0.5, 0.6) is 0 Å². The Labute approximate surface area is 334 Å². The van der Waals surface area contributed by atoms with Crippen LogP contribution < -0.4 is 10.6 Å². The second-order valence-corrected chi connectivity index (χ2v) is 19.7. The van der Waals surface area contributed by atoms with E-state index in [-0.39, 0.29) is 43.6 Å². The normalized spacial score (nSPS) is 41.5. The van der Waals surface area contributed by atoms with E-state index in [4.69, 9.17) is 23.8 Å². The lowest BCUT2D eigenvalue weighted by atomic mass is 9.52. The van der Waals surface area contributed by atoms with Crippen molar-refractivity contribution in [2.24, 2.45) is 34.5 Å². The lowest BCUT2D eigenvalue weighted by Crippen LogP contribution is -2.71. The third kappa shape index (κ3) is 6.23. The third-order valence-corrected chi connectivity index (χ3v) is 15.4. The highest BCUT2D eigenvalue weighted by Gasteiger charge is 2.78. The number of nitrogens with zero attached hydrogens (tertiary/aromatic N) is 1. The molecule has 0 aromatic heterocycles. The average molecular weight is 790 g/mol. The van der Waals surface area contributed by atoms with Gasteiger partial charge in [0.2, 0.25) is 11.8 Å². The molecule has 2 bridgehead atoms. The van der Waals surface area contributed by atoms with Crippen LogP contribution in [0.2, 0.25) is 0 Å². The summed E-state index contributed by atoms with van der Waals surface area (Å²) in [6.45, 7) is 8.37. The Morgan fingerprint density at radius 2 is 1.70 bits per heavy atom. The van der Waals surface area contributed by atoms with E-state index >= 15 is 0 Å². The average Bonchev–Trinajstić information content (AvgIpc) is 4.12. The summed E-state index contributed by atoms with van der Waals surface area (Å²) in [6, 6.07) is 5.88. The predicted molar refractivity (Wildman–Crippen MR) is 204 cm³/mol. The van der Waals surface area contributed by atoms with Crippen molar-refractivity contribution in [3.05, 3.63) is 41.0 Å². The van der Waals surface area contributed by atoms with E-state index in [1.54, 1.807) is 5.06 Å². The fourth-order valence-corrected chi connectivity index (χ4v) is 12.0. The molecule has 310 valence electrons. The molecule has 10 rings (SSSR count). The molecule has 1 unspecified atom stereocenters. The van der Waals surface area contributed by atoms with Crippen molar-refractivity contribution in [1.29, 1.82) is 0 Å². The summed E-state index contributed by atoms with van der Waals surface area (Å²) in [7, 11) is 0. The van der Waals surface area contributed by atoms with Crippen molar-refractivity contribution in [3.63, 3.8) is 0 Å². The van der Waals surface area contributed by atoms with Gasteiger partial charge in [-0.25, -0.2) is 0 Å². The maximum Gasteiger partial charge on any atom is 0.327 e. The van der Waals surface area contributed by atoms with Gasteiger partial charge in [0.25, 0.3) is 0 Å². The molecule has 1 aromatic carbocycles. The molecule has 2 amide bonds. The largest absolute Gasteiger partial charge is 0.458 e. The molecule has 9 fully saturated rings. The Morgan fingerprint density at radius 3 is 2.37 bits per heavy atom. The summed E-state index contributed by atoms with van der Waals surface area (Å²) in [4.78, 5) is 49.0. The van der Waals surface area contributed by atoms with E-state index in [1.807, 2.05) is 0 Å². The Bertz CT molecular complexity index is 1810. The van der Waals surface area contributed by atoms with Crippen molar-refractivity contribution >= 4 is 23.9 Å². The van der Waals surface area contributed by atoms with Gasteiger partial charge in [0, 0.05) is 24.8 Å². The molecular weight excluding hydrogens is 730 g/mol. The van der Waals surface area contributed by atoms with Gasteiger partial charge in [-0.15, -0.1) is 0 Å². The Balaban J connectivity index is 0.936. The number of aliphatic hydroxyl groups is 2. The standard InChI is InChI=1S/C44H59N3O10/c1-23(49)33(38(50)45-17-18-48)46-40(52)43-21-31-34-35(56-44(55-34,27-10-11-27)28-12-13-28)37(43)57-47(36(43)39(51)53-31)22-25-7-5-24(6-8-25)19-26-9-14-32-42(4,54-32)16-15-30-29(26)20-41(30,2)3/h5-8,19,23,27-37,48-49H,9-18,20-22H2,1-4H3,(H,45,50)(H,46,52)/t23-,29+,30+,31+,32?,33+,34-,35-,36-,37+,42+,43-/m0/s1. The van der Waals surface area contributed by atoms with Gasteiger partial charge in [0.05, 0.1) is 31.0 Å². The molecule has 4 aliphatic heterocycles. The van der Waals surface area contributed by atoms with Crippen LogP contribution in [-0.4, -0.2) is 106 Å². The number of rotatable bonds is 11. The first-order valence-electron chi connectivity index (χ1n) is 21.6. The first-order chi connectivity index (χ1) is 27.3. The van der Waals surface area contributed by atoms with Crippen molar-refractivity contribution in [3.8, 4) is 0 Å². The van der Waals surface area contributed by atoms with E-state index in [0.29, 0.717) is 23.4 Å². The van der Waals surface area contributed by atoms with Crippen LogP contribution in [0, 0.1) is 34.5 Å². The predicted octanol–water partition coefficient (Wildman–Crippen LogP) is 3.54. The summed E-state index contributed by atoms with van der Waals surface area (Å²) in [6.07, 6.45) is 8.22. The number of esters is 1. The highest BCUT2D eigenvalue weighted by Crippen LogP contribution is 2.64. The van der Waals surface area contributed by atoms with E-state index < -0.39 is 71.6 Å². The van der Waals surface area contributed by atoms with Crippen LogP contribution >= 0.6 is 0 Å². The number of fused-ring (bicyclic) bond motifs is 6. The molecule has 57 heavy (non-hydrogen) atoms. The smallest absolute Gasteiger partial charge is 0.327 e. The highest BCUT2D eigenvalue weighted by atomic mass is 16.8. The minimum Gasteiger partial charge on any atom is -0.458 e. The second kappa shape index (κ2) is 13.6. The molecule has 9 aliphatic rings. The molecule has 0 radical (unpaired) electrons. The number of aliphatic hydroxyl groups excluding tert-OH is 2. The molecule has 4 saturated heterocycles. The Kier molecular flexibility index (Phi) is 9.11. The van der Waals surface area contributed by atoms with Gasteiger partial charge >= 0.3 is 5.97 Å². The van der Waals surface area contributed by atoms with Crippen LogP contribution in [0.15, 0.2) is 29.8 Å². The van der Waals surface area contributed by atoms with Gasteiger partial charge in [0.15, 0.2) is 11.8 Å². The lowest BCUT2D eigenvalue weighted by Gasteiger charge is -2.53. The number of carbonyl (C=O) groups is 3. The topological polar surface area (TPSA) is 168 Å². The van der Waals surface area contributed by atoms with E-state index in [2.05, 4.69) is 61.7 Å². The van der Waals surface area contributed by atoms with E-state index in [9.17, 15) is 24.6 Å². The number of amides is 2. The number of hydrogen-bond donors (Lipinski definition) is 4. The van der Waals surface area contributed by atoms with E-state index in [1.165, 1.54) is 25.3 Å². The summed E-state index contributed by atoms with van der Waals surface area (Å²) < 4.78 is 26.1. The molecule has 4 heterocycles. The quantitative estimate of drug-likeness (QED) is 0.191. The SMILES string of the molecule is C[C@H](O)[C@@H](NC(=O)[C@@]12C[C@H]3OC(=O)[C@@H]1N(Cc1ccc(C=C4CCC5O[C@]5(C)CC[C@@H]5[C@@H]4CC5(C)C)cc1)O[C@@H]2[C@H]1OC(C2CC2)(C2CC2)O[C@H]13)C(=O)NCCO. The van der Waals surface area contributed by atoms with Crippen LogP contribution in [0.4, 0.5) is 0 Å². The lowest BCUT2D eigenvalue weighted by molar-refractivity contribution is -0.235. The summed E-state index contributed by atoms with van der Waals surface area (Å²) in [5.74, 6) is -0.895. The van der Waals surface area contributed by atoms with Crippen LogP contribution in [0.3, 0.4) is 0 Å². The fourth-order valence-electron chi connectivity index (χ4n) is 12.0. The first kappa shape index (κ1) is 38.3. The number of ether oxygens (including phenoxy) is 4.